The van der Waals surface area contributed by atoms with E-state index in [2.05, 4.69) is 30.2 Å². The van der Waals surface area contributed by atoms with E-state index < -0.39 is 0 Å². The maximum absolute atomic E-state index is 4.69. The quantitative estimate of drug-likeness (QED) is 0.846. The summed E-state index contributed by atoms with van der Waals surface area (Å²) in [4.78, 5) is 9.25. The second-order valence-electron chi connectivity index (χ2n) is 5.08. The lowest BCUT2D eigenvalue weighted by atomic mass is 9.85. The zero-order valence-corrected chi connectivity index (χ0v) is 10.5. The monoisotopic (exact) mass is 219 g/mol. The van der Waals surface area contributed by atoms with Gasteiger partial charge in [-0.1, -0.05) is 20.3 Å². The van der Waals surface area contributed by atoms with Gasteiger partial charge in [0.15, 0.2) is 0 Å². The molecular formula is C13H21N3. The lowest BCUT2D eigenvalue weighted by Crippen LogP contribution is -2.15. The molecule has 0 amide bonds. The highest BCUT2D eigenvalue weighted by molar-refractivity contribution is 5.36. The topological polar surface area (TPSA) is 37.8 Å². The van der Waals surface area contributed by atoms with E-state index in [-0.39, 0.29) is 0 Å². The molecule has 1 heterocycles. The van der Waals surface area contributed by atoms with E-state index in [1.807, 2.05) is 7.05 Å². The van der Waals surface area contributed by atoms with Gasteiger partial charge < -0.3 is 5.32 Å². The van der Waals surface area contributed by atoms with Gasteiger partial charge in [0.1, 0.15) is 11.6 Å². The van der Waals surface area contributed by atoms with E-state index in [4.69, 9.17) is 4.98 Å². The molecule has 1 aromatic rings. The minimum Gasteiger partial charge on any atom is -0.373 e. The lowest BCUT2D eigenvalue weighted by molar-refractivity contribution is 0.400. The first kappa shape index (κ1) is 11.4. The van der Waals surface area contributed by atoms with Crippen molar-refractivity contribution in [3.8, 4) is 0 Å². The van der Waals surface area contributed by atoms with Gasteiger partial charge in [-0.2, -0.15) is 0 Å². The Morgan fingerprint density at radius 3 is 2.62 bits per heavy atom. The van der Waals surface area contributed by atoms with Crippen LogP contribution in [-0.4, -0.2) is 17.0 Å². The maximum atomic E-state index is 4.69. The van der Waals surface area contributed by atoms with Crippen molar-refractivity contribution in [1.29, 1.82) is 0 Å². The van der Waals surface area contributed by atoms with Crippen molar-refractivity contribution in [2.75, 3.05) is 12.4 Å². The molecule has 1 aromatic heterocycles. The Kier molecular flexibility index (Phi) is 3.42. The van der Waals surface area contributed by atoms with E-state index >= 15 is 0 Å². The van der Waals surface area contributed by atoms with Crippen molar-refractivity contribution in [2.24, 2.45) is 5.92 Å². The van der Waals surface area contributed by atoms with Gasteiger partial charge in [-0.25, -0.2) is 9.97 Å². The Hall–Kier alpha value is -1.12. The summed E-state index contributed by atoms with van der Waals surface area (Å²) in [6.07, 6.45) is 4.89. The average Bonchev–Trinajstić information content (AvgIpc) is 2.13. The van der Waals surface area contributed by atoms with Crippen molar-refractivity contribution in [3.05, 3.63) is 17.6 Å². The molecule has 16 heavy (non-hydrogen) atoms. The SMILES string of the molecule is CNc1cc(CC(C)C)nc(C2CCC2)n1. The predicted molar refractivity (Wildman–Crippen MR) is 66.7 cm³/mol. The third-order valence-electron chi connectivity index (χ3n) is 3.14. The smallest absolute Gasteiger partial charge is 0.134 e. The molecule has 0 aromatic carbocycles. The van der Waals surface area contributed by atoms with E-state index in [9.17, 15) is 0 Å². The second kappa shape index (κ2) is 4.81. The van der Waals surface area contributed by atoms with Crippen molar-refractivity contribution in [1.82, 2.24) is 9.97 Å². The molecule has 0 radical (unpaired) electrons. The first-order valence-corrected chi connectivity index (χ1v) is 6.24. The molecule has 0 atom stereocenters. The van der Waals surface area contributed by atoms with Gasteiger partial charge in [-0.15, -0.1) is 0 Å². The number of hydrogen-bond acceptors (Lipinski definition) is 3. The first-order valence-electron chi connectivity index (χ1n) is 6.24. The van der Waals surface area contributed by atoms with Crippen molar-refractivity contribution < 1.29 is 0 Å². The van der Waals surface area contributed by atoms with Crippen LogP contribution >= 0.6 is 0 Å². The van der Waals surface area contributed by atoms with E-state index in [1.165, 1.54) is 25.0 Å². The second-order valence-corrected chi connectivity index (χ2v) is 5.08. The largest absolute Gasteiger partial charge is 0.373 e. The van der Waals surface area contributed by atoms with Crippen LogP contribution in [0.25, 0.3) is 0 Å². The summed E-state index contributed by atoms with van der Waals surface area (Å²) in [5.41, 5.74) is 1.18. The van der Waals surface area contributed by atoms with E-state index in [0.717, 1.165) is 18.1 Å². The fourth-order valence-corrected chi connectivity index (χ4v) is 2.02. The standard InChI is InChI=1S/C13H21N3/c1-9(2)7-11-8-12(14-3)16-13(15-11)10-5-4-6-10/h8-10H,4-7H2,1-3H3,(H,14,15,16). The zero-order chi connectivity index (χ0) is 11.5. The summed E-state index contributed by atoms with van der Waals surface area (Å²) < 4.78 is 0. The van der Waals surface area contributed by atoms with Gasteiger partial charge >= 0.3 is 0 Å². The normalized spacial score (nSPS) is 16.2. The van der Waals surface area contributed by atoms with Crippen LogP contribution in [-0.2, 0) is 6.42 Å². The molecule has 3 nitrogen and oxygen atoms in total. The third-order valence-corrected chi connectivity index (χ3v) is 3.14. The Morgan fingerprint density at radius 1 is 1.38 bits per heavy atom. The van der Waals surface area contributed by atoms with Crippen LogP contribution < -0.4 is 5.32 Å². The van der Waals surface area contributed by atoms with E-state index in [0.29, 0.717) is 11.8 Å². The summed E-state index contributed by atoms with van der Waals surface area (Å²) in [7, 11) is 1.92. The molecule has 0 unspecified atom stereocenters. The number of hydrogen-bond donors (Lipinski definition) is 1. The Bertz CT molecular complexity index is 356. The van der Waals surface area contributed by atoms with Gasteiger partial charge in [-0.3, -0.25) is 0 Å². The Labute approximate surface area is 97.7 Å². The first-order chi connectivity index (χ1) is 7.69. The molecule has 88 valence electrons. The highest BCUT2D eigenvalue weighted by Crippen LogP contribution is 2.34. The fourth-order valence-electron chi connectivity index (χ4n) is 2.02. The fraction of sp³-hybridized carbons (Fsp3) is 0.692. The van der Waals surface area contributed by atoms with Crippen molar-refractivity contribution in [2.45, 2.75) is 45.4 Å². The molecule has 3 heteroatoms. The van der Waals surface area contributed by atoms with Crippen LogP contribution in [0, 0.1) is 5.92 Å². The van der Waals surface area contributed by atoms with Crippen molar-refractivity contribution in [3.63, 3.8) is 0 Å². The molecule has 0 aliphatic heterocycles. The molecule has 1 aliphatic rings. The molecule has 1 fully saturated rings. The number of rotatable bonds is 4. The van der Waals surface area contributed by atoms with Gasteiger partial charge in [0, 0.05) is 24.7 Å². The van der Waals surface area contributed by atoms with Crippen LogP contribution in [0.5, 0.6) is 0 Å². The summed E-state index contributed by atoms with van der Waals surface area (Å²) in [5, 5.41) is 3.13. The van der Waals surface area contributed by atoms with Gasteiger partial charge in [0.2, 0.25) is 0 Å². The molecule has 1 aliphatic carbocycles. The van der Waals surface area contributed by atoms with Gasteiger partial charge in [-0.05, 0) is 25.2 Å². The zero-order valence-electron chi connectivity index (χ0n) is 10.5. The van der Waals surface area contributed by atoms with Crippen LogP contribution in [0.1, 0.15) is 50.5 Å². The number of anilines is 1. The summed E-state index contributed by atoms with van der Waals surface area (Å²) in [6, 6.07) is 2.07. The highest BCUT2D eigenvalue weighted by Gasteiger charge is 2.23. The number of nitrogens with zero attached hydrogens (tertiary/aromatic N) is 2. The molecule has 0 saturated heterocycles. The molecule has 2 rings (SSSR count). The molecule has 0 spiro atoms. The minimum atomic E-state index is 0.610. The third kappa shape index (κ3) is 2.52. The van der Waals surface area contributed by atoms with Crippen LogP contribution in [0.2, 0.25) is 0 Å². The maximum Gasteiger partial charge on any atom is 0.134 e. The number of aromatic nitrogens is 2. The van der Waals surface area contributed by atoms with Crippen molar-refractivity contribution >= 4 is 5.82 Å². The van der Waals surface area contributed by atoms with Crippen LogP contribution in [0.3, 0.4) is 0 Å². The summed E-state index contributed by atoms with van der Waals surface area (Å²) in [5.74, 6) is 3.27. The Morgan fingerprint density at radius 2 is 2.12 bits per heavy atom. The molecule has 1 saturated carbocycles. The summed E-state index contributed by atoms with van der Waals surface area (Å²) >= 11 is 0. The lowest BCUT2D eigenvalue weighted by Gasteiger charge is -2.24. The van der Waals surface area contributed by atoms with Gasteiger partial charge in [0.25, 0.3) is 0 Å². The minimum absolute atomic E-state index is 0.610. The van der Waals surface area contributed by atoms with E-state index in [1.54, 1.807) is 0 Å². The molecule has 1 N–H and O–H groups in total. The molecule has 0 bridgehead atoms. The average molecular weight is 219 g/mol. The predicted octanol–water partition coefficient (Wildman–Crippen LogP) is 2.98. The van der Waals surface area contributed by atoms with Gasteiger partial charge in [0.05, 0.1) is 0 Å². The number of nitrogens with one attached hydrogen (secondary N) is 1. The summed E-state index contributed by atoms with van der Waals surface area (Å²) in [6.45, 7) is 4.45. The van der Waals surface area contributed by atoms with Crippen LogP contribution in [0.15, 0.2) is 6.07 Å². The molecular weight excluding hydrogens is 198 g/mol. The highest BCUT2D eigenvalue weighted by atomic mass is 15.0. The Balaban J connectivity index is 2.23. The van der Waals surface area contributed by atoms with Crippen LogP contribution in [0.4, 0.5) is 5.82 Å².